The number of nitrogens with one attached hydrogen (secondary N) is 1. The van der Waals surface area contributed by atoms with Crippen LogP contribution in [0.2, 0.25) is 0 Å². The number of aryl methyl sites for hydroxylation is 2. The second-order valence-corrected chi connectivity index (χ2v) is 5.79. The molecule has 2 aromatic rings. The second kappa shape index (κ2) is 6.43. The highest BCUT2D eigenvalue weighted by molar-refractivity contribution is 9.10. The molecule has 0 aliphatic rings. The highest BCUT2D eigenvalue weighted by Gasteiger charge is 2.15. The number of aromatic nitrogens is 1. The van der Waals surface area contributed by atoms with Gasteiger partial charge in [0.05, 0.1) is 11.7 Å². The summed E-state index contributed by atoms with van der Waals surface area (Å²) >= 11 is 3.35. The lowest BCUT2D eigenvalue weighted by atomic mass is 10.0. The van der Waals surface area contributed by atoms with E-state index < -0.39 is 0 Å². The molecule has 2 rings (SSSR count). The Morgan fingerprint density at radius 2 is 2.05 bits per heavy atom. The minimum Gasteiger partial charge on any atom is -0.271 e. The quantitative estimate of drug-likeness (QED) is 0.664. The number of benzene rings is 1. The molecule has 1 aromatic heterocycles. The molecule has 1 heterocycles. The van der Waals surface area contributed by atoms with Gasteiger partial charge in [-0.1, -0.05) is 15.9 Å². The van der Waals surface area contributed by atoms with E-state index in [0.717, 1.165) is 21.4 Å². The molecule has 1 aromatic carbocycles. The van der Waals surface area contributed by atoms with Gasteiger partial charge in [0.15, 0.2) is 0 Å². The van der Waals surface area contributed by atoms with Gasteiger partial charge in [0.1, 0.15) is 5.82 Å². The Morgan fingerprint density at radius 1 is 1.30 bits per heavy atom. The molecule has 0 radical (unpaired) electrons. The van der Waals surface area contributed by atoms with Crippen molar-refractivity contribution < 1.29 is 4.39 Å². The first-order valence-corrected chi connectivity index (χ1v) is 7.14. The number of pyridine rings is 1. The summed E-state index contributed by atoms with van der Waals surface area (Å²) in [4.78, 5) is 4.48. The highest BCUT2D eigenvalue weighted by Crippen LogP contribution is 2.22. The van der Waals surface area contributed by atoms with Crippen molar-refractivity contribution >= 4 is 15.9 Å². The molecule has 0 saturated carbocycles. The van der Waals surface area contributed by atoms with Gasteiger partial charge in [-0.05, 0) is 61.7 Å². The number of rotatable bonds is 4. The van der Waals surface area contributed by atoms with Gasteiger partial charge < -0.3 is 0 Å². The van der Waals surface area contributed by atoms with Gasteiger partial charge in [0, 0.05) is 10.2 Å². The van der Waals surface area contributed by atoms with E-state index in [-0.39, 0.29) is 11.9 Å². The highest BCUT2D eigenvalue weighted by atomic mass is 79.9. The van der Waals surface area contributed by atoms with Crippen LogP contribution in [0.25, 0.3) is 0 Å². The lowest BCUT2D eigenvalue weighted by molar-refractivity contribution is 0.517. The smallest absolute Gasteiger partial charge is 0.126 e. The molecule has 0 saturated heterocycles. The molecule has 3 nitrogen and oxygen atoms in total. The topological polar surface area (TPSA) is 50.9 Å². The zero-order chi connectivity index (χ0) is 14.7. The molecule has 20 heavy (non-hydrogen) atoms. The summed E-state index contributed by atoms with van der Waals surface area (Å²) in [6.07, 6.45) is 0.442. The molecule has 0 aliphatic heterocycles. The summed E-state index contributed by atoms with van der Waals surface area (Å²) in [6.45, 7) is 3.94. The summed E-state index contributed by atoms with van der Waals surface area (Å²) in [5.41, 5.74) is 6.19. The lowest BCUT2D eigenvalue weighted by Crippen LogP contribution is -2.30. The monoisotopic (exact) mass is 337 g/mol. The van der Waals surface area contributed by atoms with Gasteiger partial charge in [-0.15, -0.1) is 0 Å². The van der Waals surface area contributed by atoms with Crippen LogP contribution in [0.15, 0.2) is 34.8 Å². The normalized spacial score (nSPS) is 12.4. The van der Waals surface area contributed by atoms with Crippen LogP contribution in [0, 0.1) is 19.7 Å². The maximum Gasteiger partial charge on any atom is 0.126 e. The van der Waals surface area contributed by atoms with Gasteiger partial charge in [0.25, 0.3) is 0 Å². The number of hydrazine groups is 1. The molecule has 1 unspecified atom stereocenters. The molecule has 3 N–H and O–H groups in total. The van der Waals surface area contributed by atoms with Crippen molar-refractivity contribution in [3.63, 3.8) is 0 Å². The second-order valence-electron chi connectivity index (χ2n) is 4.87. The maximum atomic E-state index is 13.8. The van der Waals surface area contributed by atoms with Crippen molar-refractivity contribution in [1.82, 2.24) is 10.4 Å². The van der Waals surface area contributed by atoms with E-state index >= 15 is 0 Å². The summed E-state index contributed by atoms with van der Waals surface area (Å²) in [7, 11) is 0. The lowest BCUT2D eigenvalue weighted by Gasteiger charge is -2.17. The molecular formula is C15H17BrFN3. The van der Waals surface area contributed by atoms with Crippen molar-refractivity contribution in [1.29, 1.82) is 0 Å². The van der Waals surface area contributed by atoms with Crippen LogP contribution < -0.4 is 11.3 Å². The standard InChI is InChI=1S/C15H17BrFN3/c1-9-5-10(2)19-14(6-9)15(20-18)8-11-7-12(16)3-4-13(11)17/h3-7,15,20H,8,18H2,1-2H3. The molecule has 0 spiro atoms. The van der Waals surface area contributed by atoms with Crippen molar-refractivity contribution in [3.8, 4) is 0 Å². The largest absolute Gasteiger partial charge is 0.271 e. The average molecular weight is 338 g/mol. The molecule has 0 fully saturated rings. The summed E-state index contributed by atoms with van der Waals surface area (Å²) < 4.78 is 14.7. The number of hydrogen-bond acceptors (Lipinski definition) is 3. The van der Waals surface area contributed by atoms with Crippen molar-refractivity contribution in [2.24, 2.45) is 5.84 Å². The third kappa shape index (κ3) is 3.62. The minimum absolute atomic E-state index is 0.225. The van der Waals surface area contributed by atoms with Crippen molar-refractivity contribution in [2.75, 3.05) is 0 Å². The molecule has 0 bridgehead atoms. The SMILES string of the molecule is Cc1cc(C)nc(C(Cc2cc(Br)ccc2F)NN)c1. The van der Waals surface area contributed by atoms with Crippen molar-refractivity contribution in [3.05, 3.63) is 63.1 Å². The Balaban J connectivity index is 2.30. The summed E-state index contributed by atoms with van der Waals surface area (Å²) in [5, 5.41) is 0. The third-order valence-electron chi connectivity index (χ3n) is 3.11. The van der Waals surface area contributed by atoms with Crippen LogP contribution in [-0.4, -0.2) is 4.98 Å². The first-order chi connectivity index (χ1) is 9.49. The van der Waals surface area contributed by atoms with E-state index in [9.17, 15) is 4.39 Å². The Morgan fingerprint density at radius 3 is 2.70 bits per heavy atom. The molecular weight excluding hydrogens is 321 g/mol. The van der Waals surface area contributed by atoms with Crippen molar-refractivity contribution in [2.45, 2.75) is 26.3 Å². The van der Waals surface area contributed by atoms with E-state index in [4.69, 9.17) is 5.84 Å². The maximum absolute atomic E-state index is 13.8. The van der Waals surface area contributed by atoms with Crippen LogP contribution in [0.1, 0.15) is 28.6 Å². The van der Waals surface area contributed by atoms with Crippen LogP contribution in [0.4, 0.5) is 4.39 Å². The predicted molar refractivity (Wildman–Crippen MR) is 81.6 cm³/mol. The van der Waals surface area contributed by atoms with Crippen LogP contribution >= 0.6 is 15.9 Å². The fraction of sp³-hybridized carbons (Fsp3) is 0.267. The molecule has 106 valence electrons. The molecule has 1 atom stereocenters. The predicted octanol–water partition coefficient (Wildman–Crippen LogP) is 3.35. The molecule has 0 aliphatic carbocycles. The van der Waals surface area contributed by atoms with E-state index in [0.29, 0.717) is 12.0 Å². The fourth-order valence-corrected chi connectivity index (χ4v) is 2.63. The summed E-state index contributed by atoms with van der Waals surface area (Å²) in [6, 6.07) is 8.63. The zero-order valence-corrected chi connectivity index (χ0v) is 13.0. The van der Waals surface area contributed by atoms with Crippen LogP contribution in [-0.2, 0) is 6.42 Å². The van der Waals surface area contributed by atoms with Gasteiger partial charge >= 0.3 is 0 Å². The third-order valence-corrected chi connectivity index (χ3v) is 3.60. The van der Waals surface area contributed by atoms with E-state index in [1.807, 2.05) is 26.0 Å². The van der Waals surface area contributed by atoms with E-state index in [1.165, 1.54) is 6.07 Å². The first kappa shape index (κ1) is 15.1. The zero-order valence-electron chi connectivity index (χ0n) is 11.5. The van der Waals surface area contributed by atoms with E-state index in [1.54, 1.807) is 12.1 Å². The summed E-state index contributed by atoms with van der Waals surface area (Å²) in [5.74, 6) is 5.38. The van der Waals surface area contributed by atoms with Gasteiger partial charge in [-0.25, -0.2) is 4.39 Å². The minimum atomic E-state index is -0.238. The number of nitrogens with zero attached hydrogens (tertiary/aromatic N) is 1. The fourth-order valence-electron chi connectivity index (χ4n) is 2.22. The van der Waals surface area contributed by atoms with Gasteiger partial charge in [-0.3, -0.25) is 16.3 Å². The Kier molecular flexibility index (Phi) is 4.86. The van der Waals surface area contributed by atoms with Gasteiger partial charge in [-0.2, -0.15) is 0 Å². The number of hydrogen-bond donors (Lipinski definition) is 2. The van der Waals surface area contributed by atoms with Crippen LogP contribution in [0.3, 0.4) is 0 Å². The van der Waals surface area contributed by atoms with E-state index in [2.05, 4.69) is 26.3 Å². The van der Waals surface area contributed by atoms with Gasteiger partial charge in [0.2, 0.25) is 0 Å². The Bertz CT molecular complexity index is 596. The number of nitrogens with two attached hydrogens (primary N) is 1. The number of halogens is 2. The molecule has 5 heteroatoms. The average Bonchev–Trinajstić information content (AvgIpc) is 2.38. The Labute approximate surface area is 126 Å². The first-order valence-electron chi connectivity index (χ1n) is 6.35. The molecule has 0 amide bonds. The van der Waals surface area contributed by atoms with Crippen LogP contribution in [0.5, 0.6) is 0 Å². The Hall–Kier alpha value is -1.30.